The average Bonchev–Trinajstić information content (AvgIpc) is 3.04. The Bertz CT molecular complexity index is 570. The van der Waals surface area contributed by atoms with Crippen molar-refractivity contribution in [2.75, 3.05) is 32.7 Å². The zero-order valence-electron chi connectivity index (χ0n) is 12.8. The van der Waals surface area contributed by atoms with Crippen LogP contribution in [0.1, 0.15) is 29.9 Å². The van der Waals surface area contributed by atoms with Crippen LogP contribution in [0.5, 0.6) is 0 Å². The molecule has 1 amide bonds. The highest BCUT2D eigenvalue weighted by atomic mass is 32.2. The molecule has 1 N–H and O–H groups in total. The van der Waals surface area contributed by atoms with Crippen molar-refractivity contribution in [3.8, 4) is 0 Å². The molecule has 0 bridgehead atoms. The molecule has 6 heteroatoms. The van der Waals surface area contributed by atoms with E-state index in [0.29, 0.717) is 0 Å². The highest BCUT2D eigenvalue weighted by Gasteiger charge is 2.32. The number of aromatic amines is 1. The third-order valence-electron chi connectivity index (χ3n) is 3.98. The molecular formula is C15H22N4OS. The quantitative estimate of drug-likeness (QED) is 0.863. The normalized spacial score (nSPS) is 21.6. The van der Waals surface area contributed by atoms with Crippen LogP contribution in [-0.2, 0) is 0 Å². The minimum absolute atomic E-state index is 0.134. The van der Waals surface area contributed by atoms with Crippen molar-refractivity contribution in [3.63, 3.8) is 0 Å². The highest BCUT2D eigenvalue weighted by molar-refractivity contribution is 8.15. The van der Waals surface area contributed by atoms with Crippen molar-refractivity contribution >= 4 is 22.8 Å². The first-order valence-electron chi connectivity index (χ1n) is 7.38. The summed E-state index contributed by atoms with van der Waals surface area (Å²) in [5.74, 6) is 0.134. The molecule has 21 heavy (non-hydrogen) atoms. The monoisotopic (exact) mass is 306 g/mol. The largest absolute Gasteiger partial charge is 0.365 e. The smallest absolute Gasteiger partial charge is 0.255 e. The molecule has 1 aromatic rings. The van der Waals surface area contributed by atoms with Gasteiger partial charge in [0.2, 0.25) is 0 Å². The van der Waals surface area contributed by atoms with E-state index in [1.807, 2.05) is 35.8 Å². The molecule has 0 atom stereocenters. The van der Waals surface area contributed by atoms with Gasteiger partial charge in [0.05, 0.1) is 12.1 Å². The number of hydrogen-bond acceptors (Lipinski definition) is 4. The van der Waals surface area contributed by atoms with Crippen molar-refractivity contribution in [1.82, 2.24) is 14.8 Å². The lowest BCUT2D eigenvalue weighted by Crippen LogP contribution is -2.50. The summed E-state index contributed by atoms with van der Waals surface area (Å²) < 4.78 is 0.213. The Balaban J connectivity index is 1.59. The van der Waals surface area contributed by atoms with Gasteiger partial charge >= 0.3 is 0 Å². The van der Waals surface area contributed by atoms with Crippen LogP contribution in [0, 0.1) is 6.92 Å². The van der Waals surface area contributed by atoms with Gasteiger partial charge in [-0.15, -0.1) is 0 Å². The van der Waals surface area contributed by atoms with E-state index in [1.54, 1.807) is 0 Å². The number of hydrogen-bond donors (Lipinski definition) is 1. The second-order valence-electron chi connectivity index (χ2n) is 6.26. The number of aromatic nitrogens is 1. The second-order valence-corrected chi connectivity index (χ2v) is 7.93. The fourth-order valence-corrected chi connectivity index (χ4v) is 3.75. The molecule has 2 aliphatic heterocycles. The lowest BCUT2D eigenvalue weighted by Gasteiger charge is -2.36. The topological polar surface area (TPSA) is 51.7 Å². The maximum atomic E-state index is 12.5. The van der Waals surface area contributed by atoms with Crippen LogP contribution in [0.15, 0.2) is 17.3 Å². The number of amidine groups is 1. The van der Waals surface area contributed by atoms with Crippen molar-refractivity contribution < 1.29 is 4.79 Å². The molecule has 0 unspecified atom stereocenters. The summed E-state index contributed by atoms with van der Waals surface area (Å²) in [6.07, 6.45) is 1.82. The Morgan fingerprint density at radius 1 is 1.33 bits per heavy atom. The molecule has 0 radical (unpaired) electrons. The van der Waals surface area contributed by atoms with Crippen molar-refractivity contribution in [2.45, 2.75) is 25.5 Å². The van der Waals surface area contributed by atoms with Gasteiger partial charge in [-0.1, -0.05) is 11.8 Å². The standard InChI is InChI=1S/C15H22N4OS/c1-11-12(4-5-16-11)13(20)18-6-8-19(9-7-18)14-17-10-15(2,3)21-14/h4-5,16H,6-10H2,1-3H3. The Morgan fingerprint density at radius 2 is 2.05 bits per heavy atom. The van der Waals surface area contributed by atoms with Crippen LogP contribution in [0.25, 0.3) is 0 Å². The molecule has 3 heterocycles. The zero-order chi connectivity index (χ0) is 15.0. The van der Waals surface area contributed by atoms with E-state index in [-0.39, 0.29) is 10.7 Å². The number of thioether (sulfide) groups is 1. The number of nitrogens with zero attached hydrogens (tertiary/aromatic N) is 3. The summed E-state index contributed by atoms with van der Waals surface area (Å²) in [6, 6.07) is 1.86. The van der Waals surface area contributed by atoms with Gasteiger partial charge in [-0.25, -0.2) is 0 Å². The Kier molecular flexibility index (Phi) is 3.73. The summed E-state index contributed by atoms with van der Waals surface area (Å²) >= 11 is 1.85. The van der Waals surface area contributed by atoms with Gasteiger partial charge in [-0.05, 0) is 26.8 Å². The first kappa shape index (κ1) is 14.5. The van der Waals surface area contributed by atoms with Crippen LogP contribution < -0.4 is 0 Å². The fourth-order valence-electron chi connectivity index (χ4n) is 2.69. The number of carbonyl (C=O) groups is 1. The number of H-pyrrole nitrogens is 1. The van der Waals surface area contributed by atoms with Crippen LogP contribution in [-0.4, -0.2) is 63.3 Å². The van der Waals surface area contributed by atoms with Crippen LogP contribution >= 0.6 is 11.8 Å². The fraction of sp³-hybridized carbons (Fsp3) is 0.600. The predicted molar refractivity (Wildman–Crippen MR) is 87.0 cm³/mol. The maximum absolute atomic E-state index is 12.5. The molecule has 1 aromatic heterocycles. The van der Waals surface area contributed by atoms with E-state index in [9.17, 15) is 4.79 Å². The number of rotatable bonds is 1. The average molecular weight is 306 g/mol. The summed E-state index contributed by atoms with van der Waals surface area (Å²) in [5, 5.41) is 1.14. The summed E-state index contributed by atoms with van der Waals surface area (Å²) in [7, 11) is 0. The molecule has 0 saturated carbocycles. The van der Waals surface area contributed by atoms with E-state index in [0.717, 1.165) is 49.1 Å². The van der Waals surface area contributed by atoms with Crippen molar-refractivity contribution in [1.29, 1.82) is 0 Å². The summed E-state index contributed by atoms with van der Waals surface area (Å²) in [6.45, 7) is 10.6. The van der Waals surface area contributed by atoms with Crippen molar-refractivity contribution in [3.05, 3.63) is 23.5 Å². The third-order valence-corrected chi connectivity index (χ3v) is 5.24. The molecule has 0 aliphatic carbocycles. The molecule has 114 valence electrons. The molecule has 0 aromatic carbocycles. The van der Waals surface area contributed by atoms with Crippen LogP contribution in [0.4, 0.5) is 0 Å². The van der Waals surface area contributed by atoms with Gasteiger partial charge in [0.1, 0.15) is 0 Å². The number of aliphatic imine (C=N–C) groups is 1. The molecule has 5 nitrogen and oxygen atoms in total. The van der Waals surface area contributed by atoms with Gasteiger partial charge in [0.25, 0.3) is 5.91 Å². The Labute approximate surface area is 129 Å². The SMILES string of the molecule is Cc1[nH]ccc1C(=O)N1CCN(C2=NCC(C)(C)S2)CC1. The first-order chi connectivity index (χ1) is 9.96. The molecule has 0 spiro atoms. The van der Waals surface area contributed by atoms with Crippen LogP contribution in [0.2, 0.25) is 0 Å². The first-order valence-corrected chi connectivity index (χ1v) is 8.20. The van der Waals surface area contributed by atoms with Gasteiger partial charge in [0, 0.05) is 42.8 Å². The number of amides is 1. The minimum atomic E-state index is 0.134. The van der Waals surface area contributed by atoms with Gasteiger partial charge in [-0.3, -0.25) is 9.79 Å². The van der Waals surface area contributed by atoms with E-state index in [4.69, 9.17) is 0 Å². The van der Waals surface area contributed by atoms with Gasteiger partial charge < -0.3 is 14.8 Å². The third kappa shape index (κ3) is 2.95. The number of aryl methyl sites for hydroxylation is 1. The minimum Gasteiger partial charge on any atom is -0.365 e. The lowest BCUT2D eigenvalue weighted by molar-refractivity contribution is 0.0693. The molecule has 1 saturated heterocycles. The van der Waals surface area contributed by atoms with Crippen LogP contribution in [0.3, 0.4) is 0 Å². The van der Waals surface area contributed by atoms with E-state index in [1.165, 1.54) is 0 Å². The van der Waals surface area contributed by atoms with Gasteiger partial charge in [0.15, 0.2) is 5.17 Å². The van der Waals surface area contributed by atoms with E-state index in [2.05, 4.69) is 28.7 Å². The summed E-state index contributed by atoms with van der Waals surface area (Å²) in [4.78, 5) is 24.4. The number of nitrogens with one attached hydrogen (secondary N) is 1. The Hall–Kier alpha value is -1.43. The summed E-state index contributed by atoms with van der Waals surface area (Å²) in [5.41, 5.74) is 1.73. The number of piperazine rings is 1. The van der Waals surface area contributed by atoms with E-state index >= 15 is 0 Å². The Morgan fingerprint density at radius 3 is 2.57 bits per heavy atom. The number of carbonyl (C=O) groups excluding carboxylic acids is 1. The molecular weight excluding hydrogens is 284 g/mol. The molecule has 2 aliphatic rings. The molecule has 1 fully saturated rings. The second kappa shape index (κ2) is 5.40. The molecule has 3 rings (SSSR count). The predicted octanol–water partition coefficient (Wildman–Crippen LogP) is 1.96. The lowest BCUT2D eigenvalue weighted by atomic mass is 10.2. The van der Waals surface area contributed by atoms with Gasteiger partial charge in [-0.2, -0.15) is 0 Å². The van der Waals surface area contributed by atoms with E-state index < -0.39 is 0 Å². The van der Waals surface area contributed by atoms with Crippen molar-refractivity contribution in [2.24, 2.45) is 4.99 Å². The zero-order valence-corrected chi connectivity index (χ0v) is 13.7. The maximum Gasteiger partial charge on any atom is 0.255 e. The highest BCUT2D eigenvalue weighted by Crippen LogP contribution is 2.33.